The monoisotopic (exact) mass is 423 g/mol. The zero-order chi connectivity index (χ0) is 22.4. The first-order chi connectivity index (χ1) is 14.7. The van der Waals surface area contributed by atoms with Gasteiger partial charge in [-0.2, -0.15) is 0 Å². The maximum atomic E-state index is 12.4. The van der Waals surface area contributed by atoms with E-state index in [1.165, 1.54) is 0 Å². The fourth-order valence-electron chi connectivity index (χ4n) is 2.73. The predicted octanol–water partition coefficient (Wildman–Crippen LogP) is 3.67. The Hall–Kier alpha value is -3.88. The fraction of sp³-hybridized carbons (Fsp3) is 0.273. The Bertz CT molecular complexity index is 1080. The molecule has 3 rings (SSSR count). The molecule has 0 radical (unpaired) electrons. The minimum absolute atomic E-state index is 0.105. The largest absolute Gasteiger partial charge is 0.444 e. The van der Waals surface area contributed by atoms with Crippen LogP contribution >= 0.6 is 0 Å². The van der Waals surface area contributed by atoms with Crippen LogP contribution in [-0.4, -0.2) is 40.0 Å². The molecule has 31 heavy (non-hydrogen) atoms. The summed E-state index contributed by atoms with van der Waals surface area (Å²) in [5.74, 6) is -0.498. The summed E-state index contributed by atoms with van der Waals surface area (Å²) in [7, 11) is 0. The van der Waals surface area contributed by atoms with E-state index in [4.69, 9.17) is 4.74 Å². The molecule has 162 valence electrons. The number of anilines is 2. The summed E-state index contributed by atoms with van der Waals surface area (Å²) >= 11 is 0. The number of nitrogens with one attached hydrogen (secondary N) is 4. The lowest BCUT2D eigenvalue weighted by molar-refractivity contribution is -0.116. The van der Waals surface area contributed by atoms with E-state index < -0.39 is 11.7 Å². The molecular weight excluding hydrogens is 398 g/mol. The van der Waals surface area contributed by atoms with Gasteiger partial charge in [-0.05, 0) is 63.2 Å². The van der Waals surface area contributed by atoms with Gasteiger partial charge >= 0.3 is 6.09 Å². The number of aromatic amines is 1. The van der Waals surface area contributed by atoms with Gasteiger partial charge in [0, 0.05) is 29.9 Å². The minimum Gasteiger partial charge on any atom is -0.444 e. The van der Waals surface area contributed by atoms with Crippen LogP contribution in [0.15, 0.2) is 48.8 Å². The van der Waals surface area contributed by atoms with Crippen LogP contribution < -0.4 is 16.0 Å². The molecule has 3 amide bonds. The topological polar surface area (TPSA) is 125 Å². The maximum absolute atomic E-state index is 12.4. The first-order valence-electron chi connectivity index (χ1n) is 9.81. The molecule has 9 heteroatoms. The van der Waals surface area contributed by atoms with Crippen LogP contribution in [0.25, 0.3) is 11.0 Å². The highest BCUT2D eigenvalue weighted by atomic mass is 16.6. The van der Waals surface area contributed by atoms with Gasteiger partial charge in [0.25, 0.3) is 5.91 Å². The molecule has 0 aliphatic heterocycles. The van der Waals surface area contributed by atoms with Crippen LogP contribution in [0, 0.1) is 0 Å². The van der Waals surface area contributed by atoms with Crippen molar-refractivity contribution in [2.45, 2.75) is 32.8 Å². The number of carbonyl (C=O) groups is 3. The molecule has 0 fully saturated rings. The highest BCUT2D eigenvalue weighted by molar-refractivity contribution is 6.06. The van der Waals surface area contributed by atoms with Gasteiger partial charge in [-0.1, -0.05) is 0 Å². The number of imidazole rings is 1. The molecule has 0 saturated heterocycles. The van der Waals surface area contributed by atoms with Crippen LogP contribution in [0.2, 0.25) is 0 Å². The highest BCUT2D eigenvalue weighted by Gasteiger charge is 2.16. The molecule has 0 spiro atoms. The number of alkyl carbamates (subject to hydrolysis) is 1. The van der Waals surface area contributed by atoms with E-state index in [0.717, 1.165) is 11.0 Å². The summed E-state index contributed by atoms with van der Waals surface area (Å²) in [6, 6.07) is 12.0. The Balaban J connectivity index is 1.46. The number of hydrogen-bond acceptors (Lipinski definition) is 5. The van der Waals surface area contributed by atoms with Crippen LogP contribution in [0.4, 0.5) is 16.2 Å². The third kappa shape index (κ3) is 6.56. The second kappa shape index (κ2) is 9.29. The molecule has 0 aliphatic rings. The number of fused-ring (bicyclic) bond motifs is 1. The summed E-state index contributed by atoms with van der Waals surface area (Å²) < 4.78 is 5.11. The summed E-state index contributed by atoms with van der Waals surface area (Å²) in [4.78, 5) is 43.1. The van der Waals surface area contributed by atoms with Crippen molar-refractivity contribution < 1.29 is 19.1 Å². The van der Waals surface area contributed by atoms with Crippen LogP contribution in [0.3, 0.4) is 0 Å². The summed E-state index contributed by atoms with van der Waals surface area (Å²) in [5, 5.41) is 8.09. The molecule has 2 aromatic carbocycles. The van der Waals surface area contributed by atoms with E-state index in [-0.39, 0.29) is 24.8 Å². The lowest BCUT2D eigenvalue weighted by Gasteiger charge is -2.19. The number of ether oxygens (including phenoxy) is 1. The number of hydrogen-bond donors (Lipinski definition) is 4. The van der Waals surface area contributed by atoms with Gasteiger partial charge in [-0.3, -0.25) is 9.59 Å². The van der Waals surface area contributed by atoms with Gasteiger partial charge in [0.2, 0.25) is 5.91 Å². The Labute approximate surface area is 179 Å². The Morgan fingerprint density at radius 3 is 2.35 bits per heavy atom. The molecule has 1 heterocycles. The van der Waals surface area contributed by atoms with Crippen molar-refractivity contribution in [1.82, 2.24) is 15.3 Å². The number of nitrogens with zero attached hydrogens (tertiary/aromatic N) is 1. The van der Waals surface area contributed by atoms with Crippen molar-refractivity contribution >= 4 is 40.3 Å². The predicted molar refractivity (Wildman–Crippen MR) is 118 cm³/mol. The van der Waals surface area contributed by atoms with Crippen LogP contribution in [0.1, 0.15) is 37.6 Å². The van der Waals surface area contributed by atoms with E-state index in [2.05, 4.69) is 25.9 Å². The van der Waals surface area contributed by atoms with Gasteiger partial charge in [0.1, 0.15) is 5.60 Å². The maximum Gasteiger partial charge on any atom is 0.407 e. The van der Waals surface area contributed by atoms with Gasteiger partial charge in [-0.25, -0.2) is 9.78 Å². The van der Waals surface area contributed by atoms with Crippen LogP contribution in [0.5, 0.6) is 0 Å². The summed E-state index contributed by atoms with van der Waals surface area (Å²) in [5.41, 5.74) is 2.67. The van der Waals surface area contributed by atoms with E-state index in [9.17, 15) is 14.4 Å². The minimum atomic E-state index is -0.588. The molecule has 9 nitrogen and oxygen atoms in total. The van der Waals surface area contributed by atoms with Crippen LogP contribution in [-0.2, 0) is 9.53 Å². The SMILES string of the molecule is CC(C)(C)OC(=O)NCCC(=O)Nc1ccc(NC(=O)c2ccc3nc[nH]c3c2)cc1. The molecular formula is C22H25N5O4. The second-order valence-electron chi connectivity index (χ2n) is 7.89. The zero-order valence-corrected chi connectivity index (χ0v) is 17.6. The second-order valence-corrected chi connectivity index (χ2v) is 7.89. The van der Waals surface area contributed by atoms with Crippen molar-refractivity contribution in [3.8, 4) is 0 Å². The van der Waals surface area contributed by atoms with Crippen molar-refractivity contribution in [2.24, 2.45) is 0 Å². The number of rotatable bonds is 6. The molecule has 1 aromatic heterocycles. The lowest BCUT2D eigenvalue weighted by Crippen LogP contribution is -2.34. The van der Waals surface area contributed by atoms with E-state index in [1.807, 2.05) is 0 Å². The van der Waals surface area contributed by atoms with E-state index >= 15 is 0 Å². The molecule has 3 aromatic rings. The van der Waals surface area contributed by atoms with Gasteiger partial charge < -0.3 is 25.7 Å². The molecule has 0 aliphatic carbocycles. The first kappa shape index (κ1) is 21.8. The molecule has 0 saturated carbocycles. The van der Waals surface area contributed by atoms with Crippen molar-refractivity contribution in [3.63, 3.8) is 0 Å². The standard InChI is InChI=1S/C22H25N5O4/c1-22(2,3)31-21(30)23-11-10-19(28)26-15-5-7-16(8-6-15)27-20(29)14-4-9-17-18(12-14)25-13-24-17/h4-9,12-13H,10-11H2,1-3H3,(H,23,30)(H,24,25)(H,26,28)(H,27,29). The highest BCUT2D eigenvalue weighted by Crippen LogP contribution is 2.17. The van der Waals surface area contributed by atoms with Crippen molar-refractivity contribution in [1.29, 1.82) is 0 Å². The van der Waals surface area contributed by atoms with E-state index in [1.54, 1.807) is 69.6 Å². The first-order valence-corrected chi connectivity index (χ1v) is 9.81. The van der Waals surface area contributed by atoms with Gasteiger partial charge in [0.05, 0.1) is 17.4 Å². The third-order valence-corrected chi connectivity index (χ3v) is 4.13. The van der Waals surface area contributed by atoms with Crippen molar-refractivity contribution in [2.75, 3.05) is 17.2 Å². The summed E-state index contributed by atoms with van der Waals surface area (Å²) in [6.07, 6.45) is 1.12. The fourth-order valence-corrected chi connectivity index (χ4v) is 2.73. The number of aromatic nitrogens is 2. The Morgan fingerprint density at radius 2 is 1.68 bits per heavy atom. The van der Waals surface area contributed by atoms with Crippen molar-refractivity contribution in [3.05, 3.63) is 54.4 Å². The average molecular weight is 423 g/mol. The molecule has 0 bridgehead atoms. The molecule has 4 N–H and O–H groups in total. The third-order valence-electron chi connectivity index (χ3n) is 4.13. The average Bonchev–Trinajstić information content (AvgIpc) is 3.16. The molecule has 0 atom stereocenters. The van der Waals surface area contributed by atoms with Gasteiger partial charge in [0.15, 0.2) is 0 Å². The number of H-pyrrole nitrogens is 1. The molecule has 0 unspecified atom stereocenters. The normalized spacial score (nSPS) is 11.1. The Morgan fingerprint density at radius 1 is 1.00 bits per heavy atom. The smallest absolute Gasteiger partial charge is 0.407 e. The van der Waals surface area contributed by atoms with E-state index in [0.29, 0.717) is 16.9 Å². The number of amides is 3. The quantitative estimate of drug-likeness (QED) is 0.481. The lowest BCUT2D eigenvalue weighted by atomic mass is 10.2. The number of benzene rings is 2. The zero-order valence-electron chi connectivity index (χ0n) is 17.6. The summed E-state index contributed by atoms with van der Waals surface area (Å²) in [6.45, 7) is 5.46. The number of carbonyl (C=O) groups excluding carboxylic acids is 3. The Kier molecular flexibility index (Phi) is 6.54. The van der Waals surface area contributed by atoms with Gasteiger partial charge in [-0.15, -0.1) is 0 Å².